The van der Waals surface area contributed by atoms with Gasteiger partial charge in [-0.2, -0.15) is 0 Å². The molecule has 1 heterocycles. The summed E-state index contributed by atoms with van der Waals surface area (Å²) < 4.78 is 1.65. The number of carbonyl (C=O) groups is 2. The fourth-order valence-electron chi connectivity index (χ4n) is 3.36. The molecule has 4 rings (SSSR count). The first kappa shape index (κ1) is 23.2. The van der Waals surface area contributed by atoms with Gasteiger partial charge in [0.15, 0.2) is 0 Å². The molecule has 1 aromatic heterocycles. The summed E-state index contributed by atoms with van der Waals surface area (Å²) in [6.07, 6.45) is 0. The molecule has 0 saturated carbocycles. The maximum Gasteiger partial charge on any atom is 0.253 e. The third-order valence-electron chi connectivity index (χ3n) is 5.10. The van der Waals surface area contributed by atoms with Gasteiger partial charge in [0.05, 0.1) is 29.6 Å². The number of rotatable bonds is 9. The molecule has 0 radical (unpaired) electrons. The maximum atomic E-state index is 12.9. The highest BCUT2D eigenvalue weighted by atomic mass is 32.2. The molecule has 0 bridgehead atoms. The van der Waals surface area contributed by atoms with Crippen molar-refractivity contribution in [1.82, 2.24) is 25.5 Å². The number of para-hydroxylation sites is 1. The van der Waals surface area contributed by atoms with Crippen molar-refractivity contribution >= 4 is 29.3 Å². The fraction of sp³-hybridized carbons (Fsp3) is 0.160. The number of thioether (sulfide) groups is 1. The van der Waals surface area contributed by atoms with Gasteiger partial charge in [-0.05, 0) is 40.6 Å². The Morgan fingerprint density at radius 1 is 0.941 bits per heavy atom. The molecule has 9 heteroatoms. The van der Waals surface area contributed by atoms with E-state index in [0.29, 0.717) is 23.0 Å². The molecule has 0 aliphatic heterocycles. The largest absolute Gasteiger partial charge is 0.345 e. The normalized spacial score (nSPS) is 11.6. The van der Waals surface area contributed by atoms with E-state index in [9.17, 15) is 9.59 Å². The van der Waals surface area contributed by atoms with Gasteiger partial charge in [0.25, 0.3) is 5.91 Å². The first-order chi connectivity index (χ1) is 16.6. The number of tetrazole rings is 1. The number of carbonyl (C=O) groups excluding carboxylic acids is 2. The monoisotopic (exact) mass is 472 g/mol. The lowest BCUT2D eigenvalue weighted by Crippen LogP contribution is -2.28. The van der Waals surface area contributed by atoms with E-state index in [0.717, 1.165) is 11.1 Å². The molecule has 0 aliphatic rings. The summed E-state index contributed by atoms with van der Waals surface area (Å²) in [5.74, 6) is -0.409. The number of aromatic nitrogens is 4. The molecule has 1 atom stereocenters. The zero-order valence-electron chi connectivity index (χ0n) is 18.6. The van der Waals surface area contributed by atoms with Crippen molar-refractivity contribution in [3.63, 3.8) is 0 Å². The third-order valence-corrected chi connectivity index (χ3v) is 6.06. The summed E-state index contributed by atoms with van der Waals surface area (Å²) in [7, 11) is 0. The van der Waals surface area contributed by atoms with Crippen molar-refractivity contribution in [3.8, 4) is 0 Å². The van der Waals surface area contributed by atoms with E-state index in [1.54, 1.807) is 28.9 Å². The maximum absolute atomic E-state index is 12.9. The summed E-state index contributed by atoms with van der Waals surface area (Å²) in [6, 6.07) is 26.3. The topological polar surface area (TPSA) is 102 Å². The van der Waals surface area contributed by atoms with E-state index in [2.05, 4.69) is 26.2 Å². The van der Waals surface area contributed by atoms with Crippen LogP contribution in [0.5, 0.6) is 0 Å². The number of amides is 2. The second-order valence-electron chi connectivity index (χ2n) is 7.59. The minimum atomic E-state index is -0.258. The highest BCUT2D eigenvalue weighted by molar-refractivity contribution is 7.99. The Morgan fingerprint density at radius 3 is 2.38 bits per heavy atom. The van der Waals surface area contributed by atoms with Crippen molar-refractivity contribution in [2.45, 2.75) is 24.7 Å². The molecule has 0 fully saturated rings. The SMILES string of the molecule is CC(NC(=O)c1ccccc1NC(=O)CSc1nnnn1Cc1ccccc1)c1ccccc1. The molecule has 8 nitrogen and oxygen atoms in total. The molecule has 2 amide bonds. The van der Waals surface area contributed by atoms with Crippen LogP contribution in [-0.4, -0.2) is 37.8 Å². The summed E-state index contributed by atoms with van der Waals surface area (Å²) in [5, 5.41) is 18.1. The van der Waals surface area contributed by atoms with E-state index in [-0.39, 0.29) is 23.6 Å². The van der Waals surface area contributed by atoms with Gasteiger partial charge in [0.2, 0.25) is 11.1 Å². The van der Waals surface area contributed by atoms with Gasteiger partial charge in [-0.1, -0.05) is 84.6 Å². The van der Waals surface area contributed by atoms with Crippen LogP contribution in [0.3, 0.4) is 0 Å². The van der Waals surface area contributed by atoms with Gasteiger partial charge >= 0.3 is 0 Å². The fourth-order valence-corrected chi connectivity index (χ4v) is 4.04. The lowest BCUT2D eigenvalue weighted by atomic mass is 10.1. The van der Waals surface area contributed by atoms with Crippen molar-refractivity contribution < 1.29 is 9.59 Å². The van der Waals surface area contributed by atoms with Gasteiger partial charge in [0, 0.05) is 0 Å². The Hall–Kier alpha value is -3.98. The quantitative estimate of drug-likeness (QED) is 0.358. The van der Waals surface area contributed by atoms with Crippen molar-refractivity contribution in [3.05, 3.63) is 102 Å². The number of benzene rings is 3. The van der Waals surface area contributed by atoms with Gasteiger partial charge in [-0.3, -0.25) is 9.59 Å². The van der Waals surface area contributed by atoms with Gasteiger partial charge in [0.1, 0.15) is 0 Å². The second kappa shape index (κ2) is 11.2. The van der Waals surface area contributed by atoms with Gasteiger partial charge < -0.3 is 10.6 Å². The number of anilines is 1. The predicted octanol–water partition coefficient (Wildman–Crippen LogP) is 3.94. The molecule has 2 N–H and O–H groups in total. The molecule has 1 unspecified atom stereocenters. The predicted molar refractivity (Wildman–Crippen MR) is 131 cm³/mol. The van der Waals surface area contributed by atoms with Gasteiger partial charge in [-0.15, -0.1) is 5.10 Å². The van der Waals surface area contributed by atoms with E-state index >= 15 is 0 Å². The average Bonchev–Trinajstić information content (AvgIpc) is 3.31. The van der Waals surface area contributed by atoms with Crippen LogP contribution in [0.25, 0.3) is 0 Å². The third kappa shape index (κ3) is 6.08. The van der Waals surface area contributed by atoms with Crippen LogP contribution >= 0.6 is 11.8 Å². The molecule has 0 spiro atoms. The summed E-state index contributed by atoms with van der Waals surface area (Å²) in [5.41, 5.74) is 2.92. The molecule has 0 aliphatic carbocycles. The number of hydrogen-bond donors (Lipinski definition) is 2. The lowest BCUT2D eigenvalue weighted by molar-refractivity contribution is -0.113. The zero-order chi connectivity index (χ0) is 23.8. The van der Waals surface area contributed by atoms with Crippen LogP contribution in [0, 0.1) is 0 Å². The number of nitrogens with zero attached hydrogens (tertiary/aromatic N) is 4. The first-order valence-electron chi connectivity index (χ1n) is 10.8. The molecule has 0 saturated heterocycles. The lowest BCUT2D eigenvalue weighted by Gasteiger charge is -2.16. The Labute approximate surface area is 201 Å². The smallest absolute Gasteiger partial charge is 0.253 e. The van der Waals surface area contributed by atoms with Crippen molar-refractivity contribution in [1.29, 1.82) is 0 Å². The molecule has 3 aromatic carbocycles. The summed E-state index contributed by atoms with van der Waals surface area (Å²) >= 11 is 1.24. The van der Waals surface area contributed by atoms with Gasteiger partial charge in [-0.25, -0.2) is 4.68 Å². The molecule has 4 aromatic rings. The van der Waals surface area contributed by atoms with E-state index < -0.39 is 0 Å². The molecule has 172 valence electrons. The summed E-state index contributed by atoms with van der Waals surface area (Å²) in [6.45, 7) is 2.44. The van der Waals surface area contributed by atoms with Crippen LogP contribution in [-0.2, 0) is 11.3 Å². The van der Waals surface area contributed by atoms with E-state index in [4.69, 9.17) is 0 Å². The first-order valence-corrected chi connectivity index (χ1v) is 11.8. The number of hydrogen-bond acceptors (Lipinski definition) is 6. The summed E-state index contributed by atoms with van der Waals surface area (Å²) in [4.78, 5) is 25.6. The Morgan fingerprint density at radius 2 is 1.62 bits per heavy atom. The minimum absolute atomic E-state index is 0.103. The molecular formula is C25H24N6O2S. The highest BCUT2D eigenvalue weighted by Crippen LogP contribution is 2.20. The second-order valence-corrected chi connectivity index (χ2v) is 8.54. The average molecular weight is 473 g/mol. The van der Waals surface area contributed by atoms with Crippen LogP contribution in [0.1, 0.15) is 34.5 Å². The van der Waals surface area contributed by atoms with Crippen molar-refractivity contribution in [2.75, 3.05) is 11.1 Å². The van der Waals surface area contributed by atoms with Crippen LogP contribution in [0.2, 0.25) is 0 Å². The zero-order valence-corrected chi connectivity index (χ0v) is 19.4. The Balaban J connectivity index is 1.36. The standard InChI is InChI=1S/C25H24N6O2S/c1-18(20-12-6-3-7-13-20)26-24(33)21-14-8-9-15-22(21)27-23(32)17-34-25-28-29-30-31(25)16-19-10-4-2-5-11-19/h2-15,18H,16-17H2,1H3,(H,26,33)(H,27,32). The van der Waals surface area contributed by atoms with Crippen LogP contribution < -0.4 is 10.6 Å². The minimum Gasteiger partial charge on any atom is -0.345 e. The highest BCUT2D eigenvalue weighted by Gasteiger charge is 2.17. The number of nitrogens with one attached hydrogen (secondary N) is 2. The molecule has 34 heavy (non-hydrogen) atoms. The van der Waals surface area contributed by atoms with E-state index in [1.165, 1.54) is 11.8 Å². The Bertz CT molecular complexity index is 1250. The van der Waals surface area contributed by atoms with Crippen LogP contribution in [0.15, 0.2) is 90.1 Å². The Kier molecular flexibility index (Phi) is 7.67. The molecular weight excluding hydrogens is 448 g/mol. The van der Waals surface area contributed by atoms with Crippen molar-refractivity contribution in [2.24, 2.45) is 0 Å². The van der Waals surface area contributed by atoms with Crippen LogP contribution in [0.4, 0.5) is 5.69 Å². The van der Waals surface area contributed by atoms with E-state index in [1.807, 2.05) is 67.6 Å².